The normalized spacial score (nSPS) is 13.4. The van der Waals surface area contributed by atoms with E-state index in [1.165, 1.54) is 4.31 Å². The summed E-state index contributed by atoms with van der Waals surface area (Å²) in [4.78, 5) is 0.182. The summed E-state index contributed by atoms with van der Waals surface area (Å²) >= 11 is 0. The number of sulfonamides is 1. The summed E-state index contributed by atoms with van der Waals surface area (Å²) in [5.74, 6) is 0.123. The van der Waals surface area contributed by atoms with E-state index in [4.69, 9.17) is 10.2 Å². The molecule has 7 heteroatoms. The lowest BCUT2D eigenvalue weighted by Gasteiger charge is -2.26. The summed E-state index contributed by atoms with van der Waals surface area (Å²) in [7, 11) is -3.78. The Hall–Kier alpha value is -2.19. The van der Waals surface area contributed by atoms with Crippen LogP contribution >= 0.6 is 0 Å². The highest BCUT2D eigenvalue weighted by Gasteiger charge is 2.28. The van der Waals surface area contributed by atoms with Gasteiger partial charge in [0.15, 0.2) is 0 Å². The zero-order valence-electron chi connectivity index (χ0n) is 17.5. The predicted octanol–water partition coefficient (Wildman–Crippen LogP) is 3.53. The predicted molar refractivity (Wildman–Crippen MR) is 118 cm³/mol. The van der Waals surface area contributed by atoms with Crippen LogP contribution in [-0.4, -0.2) is 37.0 Å². The molecule has 0 bridgehead atoms. The van der Waals surface area contributed by atoms with E-state index in [9.17, 15) is 13.5 Å². The van der Waals surface area contributed by atoms with Crippen molar-refractivity contribution in [3.05, 3.63) is 65.9 Å². The van der Waals surface area contributed by atoms with Crippen LogP contribution in [0.5, 0.6) is 0 Å². The summed E-state index contributed by atoms with van der Waals surface area (Å²) in [6, 6.07) is 14.7. The molecule has 3 rings (SSSR count). The Labute approximate surface area is 178 Å². The Morgan fingerprint density at radius 1 is 1.10 bits per heavy atom. The fraction of sp³-hybridized carbons (Fsp3) is 0.391. The number of fused-ring (bicyclic) bond motifs is 1. The molecular formula is C23H30N2O4S. The van der Waals surface area contributed by atoms with Crippen molar-refractivity contribution in [2.45, 2.75) is 44.2 Å². The van der Waals surface area contributed by atoms with Gasteiger partial charge in [0.2, 0.25) is 10.0 Å². The van der Waals surface area contributed by atoms with Crippen molar-refractivity contribution < 1.29 is 17.9 Å². The number of nitrogens with zero attached hydrogens (tertiary/aromatic N) is 1. The molecule has 0 aliphatic carbocycles. The Bertz CT molecular complexity index is 1060. The van der Waals surface area contributed by atoms with Crippen LogP contribution in [0.2, 0.25) is 0 Å². The van der Waals surface area contributed by atoms with Gasteiger partial charge in [-0.15, -0.1) is 0 Å². The zero-order chi connectivity index (χ0) is 21.7. The molecule has 0 aliphatic heterocycles. The number of aryl methyl sites for hydroxylation is 1. The van der Waals surface area contributed by atoms with Crippen LogP contribution in [0.1, 0.15) is 31.4 Å². The van der Waals surface area contributed by atoms with Gasteiger partial charge in [0, 0.05) is 30.6 Å². The van der Waals surface area contributed by atoms with Gasteiger partial charge < -0.3 is 15.3 Å². The number of benzene rings is 2. The number of nitrogens with two attached hydrogens (primary N) is 1. The Kier molecular flexibility index (Phi) is 7.31. The molecule has 6 nitrogen and oxygen atoms in total. The van der Waals surface area contributed by atoms with Crippen molar-refractivity contribution in [3.8, 4) is 0 Å². The van der Waals surface area contributed by atoms with E-state index in [0.29, 0.717) is 30.4 Å². The van der Waals surface area contributed by atoms with Crippen molar-refractivity contribution >= 4 is 21.0 Å². The third kappa shape index (κ3) is 5.29. The average Bonchev–Trinajstić information content (AvgIpc) is 3.14. The standard InChI is InChI=1S/C23H30N2O4S/c1-17(2)14-25(15-20(26)9-8-18-6-4-3-5-7-18)30(27,28)21-10-11-23-22(12-21)19(13-24)16-29-23/h3-7,10-12,16-17,20,26H,8-9,13-15,24H2,1-2H3. The van der Waals surface area contributed by atoms with Crippen LogP contribution in [0.4, 0.5) is 0 Å². The second-order valence-electron chi connectivity index (χ2n) is 8.02. The fourth-order valence-electron chi connectivity index (χ4n) is 3.51. The first kappa shape index (κ1) is 22.5. The fourth-order valence-corrected chi connectivity index (χ4v) is 5.18. The van der Waals surface area contributed by atoms with Gasteiger partial charge >= 0.3 is 0 Å². The van der Waals surface area contributed by atoms with E-state index in [2.05, 4.69) is 0 Å². The molecule has 0 amide bonds. The Morgan fingerprint density at radius 2 is 1.83 bits per heavy atom. The zero-order valence-corrected chi connectivity index (χ0v) is 18.3. The number of aliphatic hydroxyl groups is 1. The maximum atomic E-state index is 13.4. The van der Waals surface area contributed by atoms with Gasteiger partial charge in [-0.05, 0) is 42.5 Å². The molecule has 1 aromatic heterocycles. The Morgan fingerprint density at radius 3 is 2.50 bits per heavy atom. The van der Waals surface area contributed by atoms with E-state index >= 15 is 0 Å². The highest BCUT2D eigenvalue weighted by molar-refractivity contribution is 7.89. The monoisotopic (exact) mass is 430 g/mol. The number of furan rings is 1. The van der Waals surface area contributed by atoms with E-state index in [0.717, 1.165) is 11.1 Å². The molecule has 3 aromatic rings. The van der Waals surface area contributed by atoms with E-state index in [1.807, 2.05) is 44.2 Å². The van der Waals surface area contributed by atoms with E-state index in [-0.39, 0.29) is 23.9 Å². The number of rotatable bonds is 10. The molecule has 0 fully saturated rings. The average molecular weight is 431 g/mol. The van der Waals surface area contributed by atoms with Crippen LogP contribution in [0.3, 0.4) is 0 Å². The molecular weight excluding hydrogens is 400 g/mol. The molecule has 0 spiro atoms. The molecule has 2 aromatic carbocycles. The molecule has 0 saturated heterocycles. The second-order valence-corrected chi connectivity index (χ2v) is 9.95. The van der Waals surface area contributed by atoms with Crippen molar-refractivity contribution in [3.63, 3.8) is 0 Å². The lowest BCUT2D eigenvalue weighted by molar-refractivity contribution is 0.133. The van der Waals surface area contributed by atoms with Gasteiger partial charge in [-0.3, -0.25) is 0 Å². The lowest BCUT2D eigenvalue weighted by Crippen LogP contribution is -2.40. The van der Waals surface area contributed by atoms with Crippen molar-refractivity contribution in [2.75, 3.05) is 13.1 Å². The number of hydrogen-bond donors (Lipinski definition) is 2. The minimum absolute atomic E-state index is 0.0561. The molecule has 0 saturated carbocycles. The lowest BCUT2D eigenvalue weighted by atomic mass is 10.1. The SMILES string of the molecule is CC(C)CN(CC(O)CCc1ccccc1)S(=O)(=O)c1ccc2occ(CN)c2c1. The topological polar surface area (TPSA) is 96.8 Å². The molecule has 162 valence electrons. The molecule has 0 radical (unpaired) electrons. The van der Waals surface area contributed by atoms with Gasteiger partial charge in [0.05, 0.1) is 17.3 Å². The van der Waals surface area contributed by atoms with Crippen LogP contribution in [0.25, 0.3) is 11.0 Å². The highest BCUT2D eigenvalue weighted by atomic mass is 32.2. The van der Waals surface area contributed by atoms with E-state index in [1.54, 1.807) is 24.5 Å². The van der Waals surface area contributed by atoms with Crippen molar-refractivity contribution in [2.24, 2.45) is 11.7 Å². The van der Waals surface area contributed by atoms with Crippen molar-refractivity contribution in [1.82, 2.24) is 4.31 Å². The maximum Gasteiger partial charge on any atom is 0.243 e. The molecule has 1 unspecified atom stereocenters. The van der Waals surface area contributed by atoms with Crippen molar-refractivity contribution in [1.29, 1.82) is 0 Å². The molecule has 1 heterocycles. The molecule has 1 atom stereocenters. The molecule has 3 N–H and O–H groups in total. The summed E-state index contributed by atoms with van der Waals surface area (Å²) in [6.07, 6.45) is 1.99. The largest absolute Gasteiger partial charge is 0.464 e. The van der Waals surface area contributed by atoms with Crippen LogP contribution in [0, 0.1) is 5.92 Å². The maximum absolute atomic E-state index is 13.4. The first-order chi connectivity index (χ1) is 14.3. The molecule has 0 aliphatic rings. The third-order valence-electron chi connectivity index (χ3n) is 5.08. The Balaban J connectivity index is 1.80. The van der Waals surface area contributed by atoms with Gasteiger partial charge in [-0.25, -0.2) is 8.42 Å². The second kappa shape index (κ2) is 9.75. The van der Waals surface area contributed by atoms with Crippen LogP contribution < -0.4 is 5.73 Å². The van der Waals surface area contributed by atoms with Crippen LogP contribution in [-0.2, 0) is 23.0 Å². The minimum atomic E-state index is -3.78. The number of aliphatic hydroxyl groups excluding tert-OH is 1. The van der Waals surface area contributed by atoms with Gasteiger partial charge in [0.25, 0.3) is 0 Å². The first-order valence-electron chi connectivity index (χ1n) is 10.2. The highest BCUT2D eigenvalue weighted by Crippen LogP contribution is 2.26. The smallest absolute Gasteiger partial charge is 0.243 e. The summed E-state index contributed by atoms with van der Waals surface area (Å²) in [5, 5.41) is 11.3. The van der Waals surface area contributed by atoms with E-state index < -0.39 is 16.1 Å². The molecule has 30 heavy (non-hydrogen) atoms. The summed E-state index contributed by atoms with van der Waals surface area (Å²) < 4.78 is 33.6. The van der Waals surface area contributed by atoms with Gasteiger partial charge in [-0.1, -0.05) is 44.2 Å². The number of hydrogen-bond acceptors (Lipinski definition) is 5. The van der Waals surface area contributed by atoms with Crippen LogP contribution in [0.15, 0.2) is 64.1 Å². The summed E-state index contributed by atoms with van der Waals surface area (Å²) in [6.45, 7) is 4.58. The minimum Gasteiger partial charge on any atom is -0.464 e. The van der Waals surface area contributed by atoms with Gasteiger partial charge in [0.1, 0.15) is 5.58 Å². The first-order valence-corrected chi connectivity index (χ1v) is 11.7. The quantitative estimate of drug-likeness (QED) is 0.513. The van der Waals surface area contributed by atoms with Gasteiger partial charge in [-0.2, -0.15) is 4.31 Å². The summed E-state index contributed by atoms with van der Waals surface area (Å²) in [5.41, 5.74) is 8.23. The third-order valence-corrected chi connectivity index (χ3v) is 6.90.